The van der Waals surface area contributed by atoms with Gasteiger partial charge in [0, 0.05) is 0 Å². The second-order valence-electron chi connectivity index (χ2n) is 2.52. The van der Waals surface area contributed by atoms with Gasteiger partial charge in [-0.3, -0.25) is 0 Å². The molecule has 7 heteroatoms. The average molecular weight is 230 g/mol. The van der Waals surface area contributed by atoms with E-state index in [1.54, 1.807) is 0 Å². The number of carbonyl (C=O) groups excluding carboxylic acids is 1. The summed E-state index contributed by atoms with van der Waals surface area (Å²) in [7, 11) is 4.09. The van der Waals surface area contributed by atoms with Crippen molar-refractivity contribution in [3.63, 3.8) is 0 Å². The second kappa shape index (κ2) is 4.59. The molecule has 1 aliphatic heterocycles. The monoisotopic (exact) mass is 230 g/mol. The first-order chi connectivity index (χ1) is 6.60. The number of carbonyl (C=O) groups is 2. The Bertz CT molecular complexity index is 356. The number of amides is 1. The topological polar surface area (TPSA) is 66.8 Å². The standard InChI is InChI=1S/C7H5NO4P2/c1-14-6-4(3-13)12-7(11)8(6)2-5(9)10/h1,4,6H,2H2/p+1. The third-order valence-electron chi connectivity index (χ3n) is 1.64. The van der Waals surface area contributed by atoms with Crippen LogP contribution in [-0.4, -0.2) is 40.5 Å². The van der Waals surface area contributed by atoms with Crippen LogP contribution in [0.1, 0.15) is 0 Å². The molecule has 0 saturated carbocycles. The number of rotatable bonds is 2. The zero-order valence-electron chi connectivity index (χ0n) is 6.95. The van der Waals surface area contributed by atoms with Crippen LogP contribution in [0, 0.1) is 11.8 Å². The Hall–Kier alpha value is -0.840. The van der Waals surface area contributed by atoms with Crippen molar-refractivity contribution < 1.29 is 19.4 Å². The van der Waals surface area contributed by atoms with Gasteiger partial charge in [-0.15, -0.1) is 0 Å². The maximum absolute atomic E-state index is 11.2. The van der Waals surface area contributed by atoms with E-state index in [2.05, 4.69) is 14.3 Å². The molecule has 1 rings (SSSR count). The van der Waals surface area contributed by atoms with Crippen molar-refractivity contribution in [2.75, 3.05) is 6.54 Å². The Morgan fingerprint density at radius 2 is 2.50 bits per heavy atom. The molecule has 1 fully saturated rings. The van der Waals surface area contributed by atoms with Gasteiger partial charge < -0.3 is 0 Å². The summed E-state index contributed by atoms with van der Waals surface area (Å²) in [5, 5.41) is 8.53. The molecule has 5 nitrogen and oxygen atoms in total. The Labute approximate surface area is 84.0 Å². The number of carboxylic acids is 1. The third kappa shape index (κ3) is 2.15. The molecule has 0 aromatic rings. The molecule has 0 aromatic heterocycles. The molecule has 2 atom stereocenters. The van der Waals surface area contributed by atoms with Gasteiger partial charge >= 0.3 is 83.3 Å². The fraction of sp³-hybridized carbons (Fsp3) is 0.429. The first-order valence-electron chi connectivity index (χ1n) is 3.59. The molecular formula is C7H6NO4P2+. The molecular weight excluding hydrogens is 224 g/mol. The van der Waals surface area contributed by atoms with Crippen LogP contribution in [0.4, 0.5) is 4.79 Å². The van der Waals surface area contributed by atoms with Crippen LogP contribution < -0.4 is 0 Å². The van der Waals surface area contributed by atoms with Crippen molar-refractivity contribution in [1.29, 1.82) is 0 Å². The summed E-state index contributed by atoms with van der Waals surface area (Å²) in [6.45, 7) is -0.431. The quantitative estimate of drug-likeness (QED) is 0.722. The van der Waals surface area contributed by atoms with Gasteiger partial charge in [0.25, 0.3) is 0 Å². The molecule has 0 aliphatic carbocycles. The van der Waals surface area contributed by atoms with E-state index < -0.39 is 30.5 Å². The van der Waals surface area contributed by atoms with Crippen molar-refractivity contribution in [2.24, 2.45) is 0 Å². The predicted molar refractivity (Wildman–Crippen MR) is 51.1 cm³/mol. The third-order valence-corrected chi connectivity index (χ3v) is 2.75. The van der Waals surface area contributed by atoms with Crippen LogP contribution in [0.3, 0.4) is 0 Å². The van der Waals surface area contributed by atoms with E-state index in [9.17, 15) is 9.59 Å². The Morgan fingerprint density at radius 3 is 2.93 bits per heavy atom. The van der Waals surface area contributed by atoms with E-state index in [1.807, 2.05) is 0 Å². The molecule has 1 aliphatic rings. The number of cyclic esters (lactones) is 1. The summed E-state index contributed by atoms with van der Waals surface area (Å²) < 4.78 is 4.78. The zero-order chi connectivity index (χ0) is 10.7. The van der Waals surface area contributed by atoms with E-state index in [0.717, 1.165) is 4.90 Å². The van der Waals surface area contributed by atoms with E-state index in [-0.39, 0.29) is 0 Å². The normalized spacial score (nSPS) is 25.3. The molecule has 0 aromatic carbocycles. The van der Waals surface area contributed by atoms with Gasteiger partial charge in [0.05, 0.1) is 0 Å². The van der Waals surface area contributed by atoms with Gasteiger partial charge in [-0.2, -0.15) is 0 Å². The molecule has 1 heterocycles. The maximum atomic E-state index is 11.2. The fourth-order valence-electron chi connectivity index (χ4n) is 1.06. The summed E-state index contributed by atoms with van der Waals surface area (Å²) in [5.74, 6) is -1.65. The van der Waals surface area contributed by atoms with Crippen molar-refractivity contribution in [3.05, 3.63) is 0 Å². The van der Waals surface area contributed by atoms with Gasteiger partial charge in [0.1, 0.15) is 0 Å². The fourth-order valence-corrected chi connectivity index (χ4v) is 2.00. The van der Waals surface area contributed by atoms with E-state index in [0.29, 0.717) is 8.04 Å². The molecule has 0 spiro atoms. The minimum absolute atomic E-state index is 0.347. The SMILES string of the molecule is C#[P+]C1C(C#P)OC(=O)N1CC(=O)O. The number of carboxylic acid groups (broad SMARTS) is 1. The van der Waals surface area contributed by atoms with Gasteiger partial charge in [-0.1, -0.05) is 0 Å². The first-order valence-corrected chi connectivity index (χ1v) is 5.07. The number of hydrogen-bond donors (Lipinski definition) is 1. The van der Waals surface area contributed by atoms with Gasteiger partial charge in [-0.05, 0) is 0 Å². The Balaban J connectivity index is 2.85. The van der Waals surface area contributed by atoms with E-state index in [1.165, 1.54) is 0 Å². The molecule has 1 N–H and O–H groups in total. The number of aliphatic carboxylic acids is 1. The molecule has 2 unspecified atom stereocenters. The molecule has 14 heavy (non-hydrogen) atoms. The number of nitrogens with zero attached hydrogens (tertiary/aromatic N) is 1. The zero-order valence-corrected chi connectivity index (χ0v) is 8.74. The van der Waals surface area contributed by atoms with Crippen LogP contribution >= 0.6 is 16.7 Å². The summed E-state index contributed by atoms with van der Waals surface area (Å²) >= 11 is 0. The van der Waals surface area contributed by atoms with Crippen LogP contribution in [0.2, 0.25) is 0 Å². The van der Waals surface area contributed by atoms with Crippen molar-refractivity contribution in [3.8, 4) is 11.8 Å². The van der Waals surface area contributed by atoms with Gasteiger partial charge in [0.15, 0.2) is 0 Å². The molecule has 1 amide bonds. The van der Waals surface area contributed by atoms with Gasteiger partial charge in [-0.25, -0.2) is 0 Å². The Kier molecular flexibility index (Phi) is 3.69. The molecule has 1 saturated heterocycles. The average Bonchev–Trinajstić information content (AvgIpc) is 2.42. The van der Waals surface area contributed by atoms with Crippen LogP contribution in [0.5, 0.6) is 0 Å². The molecule has 0 bridgehead atoms. The van der Waals surface area contributed by atoms with Crippen molar-refractivity contribution >= 4 is 28.8 Å². The first kappa shape index (κ1) is 11.2. The summed E-state index contributed by atoms with van der Waals surface area (Å²) in [6.07, 6.45) is 3.97. The molecule has 0 radical (unpaired) electrons. The Morgan fingerprint density at radius 1 is 1.86 bits per heavy atom. The summed E-state index contributed by atoms with van der Waals surface area (Å²) in [6, 6.07) is 0. The van der Waals surface area contributed by atoms with Crippen molar-refractivity contribution in [2.45, 2.75) is 11.9 Å². The van der Waals surface area contributed by atoms with Gasteiger partial charge in [0.2, 0.25) is 0 Å². The number of ether oxygens (including phenoxy) is 1. The number of hydrogen-bond acceptors (Lipinski definition) is 3. The summed E-state index contributed by atoms with van der Waals surface area (Å²) in [5.41, 5.74) is 2.43. The second-order valence-corrected chi connectivity index (χ2v) is 3.60. The van der Waals surface area contributed by atoms with Crippen LogP contribution in [-0.2, 0) is 9.53 Å². The van der Waals surface area contributed by atoms with Crippen LogP contribution in [0.25, 0.3) is 0 Å². The minimum atomic E-state index is -1.12. The van der Waals surface area contributed by atoms with Crippen LogP contribution in [0.15, 0.2) is 0 Å². The van der Waals surface area contributed by atoms with Crippen molar-refractivity contribution in [1.82, 2.24) is 4.90 Å². The predicted octanol–water partition coefficient (Wildman–Crippen LogP) is 1.12. The van der Waals surface area contributed by atoms with E-state index >= 15 is 0 Å². The molecule has 72 valence electrons. The summed E-state index contributed by atoms with van der Waals surface area (Å²) in [4.78, 5) is 22.6. The van der Waals surface area contributed by atoms with E-state index in [4.69, 9.17) is 16.0 Å².